The highest BCUT2D eigenvalue weighted by molar-refractivity contribution is 5.78. The minimum Gasteiger partial charge on any atom is -0.384 e. The molecule has 3 fully saturated rings. The summed E-state index contributed by atoms with van der Waals surface area (Å²) in [5, 5.41) is 4.31. The first kappa shape index (κ1) is 18.3. The van der Waals surface area contributed by atoms with Gasteiger partial charge in [0.2, 0.25) is 11.8 Å². The van der Waals surface area contributed by atoms with Crippen LogP contribution in [0.3, 0.4) is 0 Å². The van der Waals surface area contributed by atoms with Gasteiger partial charge in [0, 0.05) is 43.6 Å². The van der Waals surface area contributed by atoms with Crippen LogP contribution in [-0.2, 0) is 16.1 Å². The average molecular weight is 374 g/mol. The van der Waals surface area contributed by atoms with E-state index in [0.717, 1.165) is 57.4 Å². The van der Waals surface area contributed by atoms with E-state index in [2.05, 4.69) is 10.00 Å². The molecule has 3 aliphatic rings. The van der Waals surface area contributed by atoms with E-state index in [1.165, 1.54) is 12.8 Å². The number of aromatic nitrogens is 2. The molecule has 1 aromatic rings. The number of rotatable bonds is 3. The lowest BCUT2D eigenvalue weighted by Gasteiger charge is -2.49. The third kappa shape index (κ3) is 3.69. The zero-order valence-corrected chi connectivity index (χ0v) is 16.3. The van der Waals surface area contributed by atoms with E-state index in [0.29, 0.717) is 24.2 Å². The Morgan fingerprint density at radius 2 is 2.04 bits per heavy atom. The van der Waals surface area contributed by atoms with Crippen LogP contribution in [0, 0.1) is 12.3 Å². The fraction of sp³-hybridized carbons (Fsp3) is 0.750. The number of carbonyl (C=O) groups is 2. The highest BCUT2D eigenvalue weighted by Crippen LogP contribution is 2.41. The molecule has 7 heteroatoms. The van der Waals surface area contributed by atoms with Crippen LogP contribution in [0.2, 0.25) is 0 Å². The highest BCUT2D eigenvalue weighted by Gasteiger charge is 2.44. The van der Waals surface area contributed by atoms with Crippen LogP contribution >= 0.6 is 0 Å². The summed E-state index contributed by atoms with van der Waals surface area (Å²) in [6.07, 6.45) is 8.40. The Kier molecular flexibility index (Phi) is 4.86. The molecule has 2 saturated heterocycles. The number of nitrogens with zero attached hydrogens (tertiary/aromatic N) is 4. The van der Waals surface area contributed by atoms with E-state index in [-0.39, 0.29) is 17.9 Å². The van der Waals surface area contributed by atoms with E-state index in [1.54, 1.807) is 10.7 Å². The molecule has 1 saturated carbocycles. The van der Waals surface area contributed by atoms with E-state index < -0.39 is 0 Å². The summed E-state index contributed by atoms with van der Waals surface area (Å²) in [4.78, 5) is 29.5. The van der Waals surface area contributed by atoms with Crippen LogP contribution in [0.25, 0.3) is 0 Å². The Hall–Kier alpha value is -2.05. The molecule has 0 radical (unpaired) electrons. The van der Waals surface area contributed by atoms with Crippen LogP contribution in [-0.4, -0.2) is 57.1 Å². The van der Waals surface area contributed by atoms with Crippen LogP contribution in [0.1, 0.15) is 57.1 Å². The molecule has 2 N–H and O–H groups in total. The maximum Gasteiger partial charge on any atom is 0.244 e. The molecule has 3 heterocycles. The van der Waals surface area contributed by atoms with Crippen molar-refractivity contribution in [3.8, 4) is 0 Å². The molecule has 4 rings (SSSR count). The number of carbonyl (C=O) groups excluding carboxylic acids is 2. The monoisotopic (exact) mass is 373 g/mol. The molecule has 1 aromatic heterocycles. The van der Waals surface area contributed by atoms with E-state index in [4.69, 9.17) is 5.73 Å². The van der Waals surface area contributed by atoms with Crippen LogP contribution in [0.5, 0.6) is 0 Å². The molecule has 2 amide bonds. The second-order valence-electron chi connectivity index (χ2n) is 8.75. The standard InChI is InChI=1S/C20H31N5O2/c1-15-11-17(21)25(22-15)12-19(27)23-10-4-8-20(13-23)9-7-18(26)24(14-20)16-5-2-3-6-16/h11,16H,2-10,12-14,21H2,1H3. The Bertz CT molecular complexity index is 724. The number of anilines is 1. The zero-order chi connectivity index (χ0) is 19.0. The van der Waals surface area contributed by atoms with Gasteiger partial charge in [0.25, 0.3) is 0 Å². The van der Waals surface area contributed by atoms with E-state index in [9.17, 15) is 9.59 Å². The van der Waals surface area contributed by atoms with Crippen LogP contribution < -0.4 is 5.73 Å². The van der Waals surface area contributed by atoms with Crippen molar-refractivity contribution in [1.29, 1.82) is 0 Å². The molecule has 7 nitrogen and oxygen atoms in total. The van der Waals surface area contributed by atoms with Crippen molar-refractivity contribution >= 4 is 17.6 Å². The first-order valence-corrected chi connectivity index (χ1v) is 10.3. The largest absolute Gasteiger partial charge is 0.384 e. The minimum atomic E-state index is 0.0655. The summed E-state index contributed by atoms with van der Waals surface area (Å²) in [6, 6.07) is 2.21. The molecule has 0 bridgehead atoms. The fourth-order valence-electron chi connectivity index (χ4n) is 5.27. The van der Waals surface area contributed by atoms with Crippen molar-refractivity contribution in [1.82, 2.24) is 19.6 Å². The third-order valence-electron chi connectivity index (χ3n) is 6.69. The summed E-state index contributed by atoms with van der Waals surface area (Å²) < 4.78 is 1.59. The Balaban J connectivity index is 1.44. The Morgan fingerprint density at radius 3 is 2.74 bits per heavy atom. The molecule has 1 atom stereocenters. The molecule has 1 spiro atoms. The average Bonchev–Trinajstić information content (AvgIpc) is 3.28. The van der Waals surface area contributed by atoms with Crippen molar-refractivity contribution in [2.24, 2.45) is 5.41 Å². The number of nitrogen functional groups attached to an aromatic ring is 1. The quantitative estimate of drug-likeness (QED) is 0.878. The predicted octanol–water partition coefficient (Wildman–Crippen LogP) is 1.95. The van der Waals surface area contributed by atoms with Gasteiger partial charge >= 0.3 is 0 Å². The van der Waals surface area contributed by atoms with Gasteiger partial charge in [0.1, 0.15) is 12.4 Å². The second kappa shape index (κ2) is 7.17. The van der Waals surface area contributed by atoms with E-state index >= 15 is 0 Å². The maximum atomic E-state index is 12.9. The highest BCUT2D eigenvalue weighted by atomic mass is 16.2. The smallest absolute Gasteiger partial charge is 0.244 e. The van der Waals surface area contributed by atoms with Gasteiger partial charge in [-0.1, -0.05) is 12.8 Å². The minimum absolute atomic E-state index is 0.0655. The Labute approximate surface area is 160 Å². The van der Waals surface area contributed by atoms with Crippen LogP contribution in [0.15, 0.2) is 6.07 Å². The maximum absolute atomic E-state index is 12.9. The molecule has 0 aromatic carbocycles. The van der Waals surface area contributed by atoms with Gasteiger partial charge in [-0.25, -0.2) is 4.68 Å². The molecule has 1 aliphatic carbocycles. The molecule has 2 aliphatic heterocycles. The number of hydrogen-bond acceptors (Lipinski definition) is 4. The van der Waals surface area contributed by atoms with Crippen molar-refractivity contribution < 1.29 is 9.59 Å². The topological polar surface area (TPSA) is 84.5 Å². The van der Waals surface area contributed by atoms with Gasteiger partial charge in [0.05, 0.1) is 5.69 Å². The van der Waals surface area contributed by atoms with Gasteiger partial charge in [-0.3, -0.25) is 9.59 Å². The number of likely N-dealkylation sites (tertiary alicyclic amines) is 2. The lowest BCUT2D eigenvalue weighted by atomic mass is 9.73. The normalized spacial score (nSPS) is 26.9. The Morgan fingerprint density at radius 1 is 1.26 bits per heavy atom. The van der Waals surface area contributed by atoms with Crippen molar-refractivity contribution in [2.75, 3.05) is 25.4 Å². The molecule has 1 unspecified atom stereocenters. The van der Waals surface area contributed by atoms with Gasteiger partial charge in [0.15, 0.2) is 0 Å². The number of hydrogen-bond donors (Lipinski definition) is 1. The molecule has 27 heavy (non-hydrogen) atoms. The first-order valence-electron chi connectivity index (χ1n) is 10.3. The van der Waals surface area contributed by atoms with Gasteiger partial charge in [-0.05, 0) is 39.0 Å². The summed E-state index contributed by atoms with van der Waals surface area (Å²) in [6.45, 7) is 4.44. The van der Waals surface area contributed by atoms with Crippen molar-refractivity contribution in [3.63, 3.8) is 0 Å². The lowest BCUT2D eigenvalue weighted by Crippen LogP contribution is -2.57. The van der Waals surface area contributed by atoms with Crippen molar-refractivity contribution in [3.05, 3.63) is 11.8 Å². The van der Waals surface area contributed by atoms with Crippen molar-refractivity contribution in [2.45, 2.75) is 70.9 Å². The van der Waals surface area contributed by atoms with Gasteiger partial charge < -0.3 is 15.5 Å². The van der Waals surface area contributed by atoms with E-state index in [1.807, 2.05) is 11.8 Å². The van der Waals surface area contributed by atoms with Gasteiger partial charge in [-0.15, -0.1) is 0 Å². The zero-order valence-electron chi connectivity index (χ0n) is 16.3. The SMILES string of the molecule is Cc1cc(N)n(CC(=O)N2CCCC3(CCC(=O)N(C4CCCC4)C3)C2)n1. The summed E-state index contributed by atoms with van der Waals surface area (Å²) in [5.74, 6) is 0.923. The lowest BCUT2D eigenvalue weighted by molar-refractivity contribution is -0.145. The number of aryl methyl sites for hydroxylation is 1. The molecular weight excluding hydrogens is 342 g/mol. The molecule has 148 valence electrons. The molecular formula is C20H31N5O2. The summed E-state index contributed by atoms with van der Waals surface area (Å²) >= 11 is 0. The first-order chi connectivity index (χ1) is 13.0. The third-order valence-corrected chi connectivity index (χ3v) is 6.69. The fourth-order valence-corrected chi connectivity index (χ4v) is 5.27. The number of nitrogens with two attached hydrogens (primary N) is 1. The second-order valence-corrected chi connectivity index (χ2v) is 8.75. The van der Waals surface area contributed by atoms with Gasteiger partial charge in [-0.2, -0.15) is 5.10 Å². The number of amides is 2. The predicted molar refractivity (Wildman–Crippen MR) is 103 cm³/mol. The summed E-state index contributed by atoms with van der Waals surface area (Å²) in [5.41, 5.74) is 6.84. The summed E-state index contributed by atoms with van der Waals surface area (Å²) in [7, 11) is 0. The van der Waals surface area contributed by atoms with Crippen LogP contribution in [0.4, 0.5) is 5.82 Å². The number of piperidine rings is 2.